The molecule has 0 aromatic heterocycles. The second kappa shape index (κ2) is 50.1. The lowest BCUT2D eigenvalue weighted by Gasteiger charge is -2.42. The van der Waals surface area contributed by atoms with Crippen LogP contribution in [0.1, 0.15) is 130 Å². The van der Waals surface area contributed by atoms with Crippen LogP contribution in [0.15, 0.2) is 0 Å². The molecule has 3 heterocycles. The SMILES string of the molecule is CCO[C@@H]1C[C@@H](O)[C@H](NC(=O)CCCCCCCCCCC(=O)NC(CCC(=O)NC(CCC(=O)NCCOCCOC2OC(CO)C(O)C(O)C2NC(C)=O)C(=O)NCCOCCOC2OC(CO)C(O)C(O)C2NC(C)=O)C(=O)NCCOCCOC2O[C@H](CO)C(O)C(O)C2NC(C)=O)C1. The van der Waals surface area contributed by atoms with E-state index in [2.05, 4.69) is 47.9 Å². The van der Waals surface area contributed by atoms with E-state index in [1.54, 1.807) is 0 Å². The van der Waals surface area contributed by atoms with Crippen LogP contribution in [0.5, 0.6) is 0 Å². The zero-order valence-corrected chi connectivity index (χ0v) is 59.4. The van der Waals surface area contributed by atoms with E-state index < -0.39 is 184 Å². The van der Waals surface area contributed by atoms with Gasteiger partial charge in [-0.25, -0.2) is 0 Å². The lowest BCUT2D eigenvalue weighted by atomic mass is 9.97. The Balaban J connectivity index is 1.32. The number of unbranched alkanes of at least 4 members (excludes halogenated alkanes) is 7. The molecule has 3 aliphatic heterocycles. The fraction of sp³-hybridized carbons (Fsp3) is 0.862. The maximum Gasteiger partial charge on any atom is 0.242 e. The van der Waals surface area contributed by atoms with E-state index in [9.17, 15) is 94.2 Å². The standard InChI is InChI=1S/C65H115N9O29/c1-5-97-40-32-43(44(81)33-40)74-50(84)15-13-11-9-7-6-8-10-12-14-49(83)72-42(62(93)68-22-25-96-28-31-100-65-54(71-39(4)80)60(91)57(88)47(36-77)103-65)17-19-51(85)73-41(61(92)67-21-24-95-27-30-99-64-53(70-38(3)79)59(90)56(87)46(35-76)102-64)16-18-48(82)66-20-23-94-26-29-98-63-52(69-37(2)78)58(89)55(86)45(34-75)101-63/h40-47,52-60,63-65,75-77,81,86-91H,5-36H2,1-4H3,(H,66,82)(H,67,92)(H,68,93)(H,69,78)(H,70,79)(H,71,80)(H,72,83)(H,73,85)(H,74,84)/t40-,41?,42?,43+,44+,45?,46?,47+,52?,53?,54?,55?,56?,57?,58?,59?,60?,63?,64?,65?/m0/s1. The molecule has 19 N–H and O–H groups in total. The summed E-state index contributed by atoms with van der Waals surface area (Å²) in [5.41, 5.74) is 0. The predicted octanol–water partition coefficient (Wildman–Crippen LogP) is -7.26. The van der Waals surface area contributed by atoms with Gasteiger partial charge in [0.25, 0.3) is 0 Å². The number of carbonyl (C=O) groups excluding carboxylic acids is 9. The Bertz CT molecular complexity index is 2520. The number of nitrogens with one attached hydrogen (secondary N) is 9. The fourth-order valence-electron chi connectivity index (χ4n) is 11.9. The summed E-state index contributed by atoms with van der Waals surface area (Å²) in [5, 5.41) is 125. The molecule has 3 saturated heterocycles. The molecule has 1 aliphatic carbocycles. The molecule has 0 bridgehead atoms. The molecule has 20 atom stereocenters. The van der Waals surface area contributed by atoms with Gasteiger partial charge in [-0.05, 0) is 39.0 Å². The summed E-state index contributed by atoms with van der Waals surface area (Å²) >= 11 is 0. The fourth-order valence-corrected chi connectivity index (χ4v) is 11.9. The topological polar surface area (TPSA) is 556 Å². The van der Waals surface area contributed by atoms with Crippen molar-refractivity contribution < 1.29 is 142 Å². The van der Waals surface area contributed by atoms with Crippen molar-refractivity contribution in [3.8, 4) is 0 Å². The van der Waals surface area contributed by atoms with Crippen LogP contribution in [0.25, 0.3) is 0 Å². The van der Waals surface area contributed by atoms with Gasteiger partial charge in [0, 0.05) is 79.1 Å². The number of amides is 9. The summed E-state index contributed by atoms with van der Waals surface area (Å²) < 4.78 is 56.0. The Morgan fingerprint density at radius 2 is 0.748 bits per heavy atom. The lowest BCUT2D eigenvalue weighted by Crippen LogP contribution is -2.64. The molecule has 38 nitrogen and oxygen atoms in total. The van der Waals surface area contributed by atoms with Gasteiger partial charge < -0.3 is 146 Å². The highest BCUT2D eigenvalue weighted by molar-refractivity contribution is 5.90. The molecule has 4 rings (SSSR count). The molecular weight excluding hydrogens is 1370 g/mol. The number of rotatable bonds is 51. The van der Waals surface area contributed by atoms with E-state index in [0.29, 0.717) is 45.1 Å². The van der Waals surface area contributed by atoms with Crippen LogP contribution in [-0.4, -0.2) is 332 Å². The molecule has 594 valence electrons. The van der Waals surface area contributed by atoms with Crippen molar-refractivity contribution in [1.82, 2.24) is 47.9 Å². The first kappa shape index (κ1) is 89.8. The first-order valence-electron chi connectivity index (χ1n) is 35.6. The van der Waals surface area contributed by atoms with Crippen LogP contribution >= 0.6 is 0 Å². The van der Waals surface area contributed by atoms with Gasteiger partial charge >= 0.3 is 0 Å². The van der Waals surface area contributed by atoms with Crippen molar-refractivity contribution in [2.75, 3.05) is 106 Å². The molecular formula is C65H115N9O29. The number of ether oxygens (including phenoxy) is 10. The van der Waals surface area contributed by atoms with E-state index in [-0.39, 0.29) is 123 Å². The van der Waals surface area contributed by atoms with E-state index in [1.165, 1.54) is 20.8 Å². The maximum absolute atomic E-state index is 13.8. The van der Waals surface area contributed by atoms with Crippen LogP contribution < -0.4 is 47.9 Å². The van der Waals surface area contributed by atoms with Gasteiger partial charge in [0.15, 0.2) is 18.9 Å². The minimum Gasteiger partial charge on any atom is -0.394 e. The smallest absolute Gasteiger partial charge is 0.242 e. The van der Waals surface area contributed by atoms with Crippen molar-refractivity contribution in [3.63, 3.8) is 0 Å². The Labute approximate surface area is 599 Å². The van der Waals surface area contributed by atoms with Crippen molar-refractivity contribution in [2.24, 2.45) is 0 Å². The molecule has 0 radical (unpaired) electrons. The van der Waals surface area contributed by atoms with Crippen molar-refractivity contribution >= 4 is 53.2 Å². The largest absolute Gasteiger partial charge is 0.394 e. The summed E-state index contributed by atoms with van der Waals surface area (Å²) in [6, 6.07) is -6.47. The molecule has 1 saturated carbocycles. The van der Waals surface area contributed by atoms with Gasteiger partial charge in [0.05, 0.1) is 97.5 Å². The third-order valence-electron chi connectivity index (χ3n) is 17.4. The second-order valence-electron chi connectivity index (χ2n) is 25.6. The van der Waals surface area contributed by atoms with Crippen molar-refractivity contribution in [3.05, 3.63) is 0 Å². The Kier molecular flexibility index (Phi) is 43.7. The van der Waals surface area contributed by atoms with E-state index in [1.807, 2.05) is 6.92 Å². The zero-order valence-electron chi connectivity index (χ0n) is 59.4. The van der Waals surface area contributed by atoms with Gasteiger partial charge in [0.1, 0.15) is 85.1 Å². The van der Waals surface area contributed by atoms with Crippen LogP contribution in [0, 0.1) is 0 Å². The first-order valence-corrected chi connectivity index (χ1v) is 35.6. The quantitative estimate of drug-likeness (QED) is 0.0252. The summed E-state index contributed by atoms with van der Waals surface area (Å²) in [6.07, 6.45) is -10.7. The molecule has 0 aromatic carbocycles. The van der Waals surface area contributed by atoms with E-state index in [0.717, 1.165) is 32.1 Å². The van der Waals surface area contributed by atoms with Gasteiger partial charge in [-0.15, -0.1) is 0 Å². The Morgan fingerprint density at radius 1 is 0.398 bits per heavy atom. The van der Waals surface area contributed by atoms with Crippen LogP contribution in [-0.2, 0) is 90.5 Å². The van der Waals surface area contributed by atoms with Crippen molar-refractivity contribution in [1.29, 1.82) is 0 Å². The van der Waals surface area contributed by atoms with Crippen LogP contribution in [0.2, 0.25) is 0 Å². The molecule has 0 aromatic rings. The second-order valence-corrected chi connectivity index (χ2v) is 25.6. The molecule has 4 aliphatic rings. The highest BCUT2D eigenvalue weighted by atomic mass is 16.7. The van der Waals surface area contributed by atoms with Gasteiger partial charge in [-0.1, -0.05) is 38.5 Å². The highest BCUT2D eigenvalue weighted by Crippen LogP contribution is 2.26. The molecule has 38 heteroatoms. The minimum atomic E-state index is -1.54. The lowest BCUT2D eigenvalue weighted by molar-refractivity contribution is -0.272. The number of aliphatic hydroxyl groups is 10. The normalized spacial score (nSPS) is 28.3. The first-order chi connectivity index (χ1) is 49.3. The predicted molar refractivity (Wildman–Crippen MR) is 357 cm³/mol. The number of carbonyl (C=O) groups is 9. The average Bonchev–Trinajstić information content (AvgIpc) is 1.70. The van der Waals surface area contributed by atoms with E-state index in [4.69, 9.17) is 47.4 Å². The van der Waals surface area contributed by atoms with Crippen LogP contribution in [0.4, 0.5) is 0 Å². The summed E-state index contributed by atoms with van der Waals surface area (Å²) in [6.45, 7) is 2.88. The van der Waals surface area contributed by atoms with E-state index >= 15 is 0 Å². The van der Waals surface area contributed by atoms with Gasteiger partial charge in [-0.3, -0.25) is 43.2 Å². The van der Waals surface area contributed by atoms with Crippen molar-refractivity contribution in [2.45, 2.75) is 253 Å². The highest BCUT2D eigenvalue weighted by Gasteiger charge is 2.48. The number of hydrogen-bond acceptors (Lipinski definition) is 29. The monoisotopic (exact) mass is 1490 g/mol. The summed E-state index contributed by atoms with van der Waals surface area (Å²) in [5.74, 6) is -4.89. The average molecular weight is 1490 g/mol. The van der Waals surface area contributed by atoms with Crippen LogP contribution in [0.3, 0.4) is 0 Å². The third kappa shape index (κ3) is 33.4. The zero-order chi connectivity index (χ0) is 75.8. The number of hydrogen-bond donors (Lipinski definition) is 19. The summed E-state index contributed by atoms with van der Waals surface area (Å²) in [7, 11) is 0. The molecule has 9 amide bonds. The summed E-state index contributed by atoms with van der Waals surface area (Å²) in [4.78, 5) is 116. The Hall–Kier alpha value is -5.57. The van der Waals surface area contributed by atoms with Gasteiger partial charge in [0.2, 0.25) is 53.2 Å². The Morgan fingerprint density at radius 3 is 1.12 bits per heavy atom. The maximum atomic E-state index is 13.8. The van der Waals surface area contributed by atoms with Gasteiger partial charge in [-0.2, -0.15) is 0 Å². The minimum absolute atomic E-state index is 0.0205. The third-order valence-corrected chi connectivity index (χ3v) is 17.4. The molecule has 16 unspecified atom stereocenters. The molecule has 103 heavy (non-hydrogen) atoms. The molecule has 0 spiro atoms. The molecule has 4 fully saturated rings. The number of aliphatic hydroxyl groups excluding tert-OH is 10.